The van der Waals surface area contributed by atoms with Gasteiger partial charge in [0.25, 0.3) is 0 Å². The Morgan fingerprint density at radius 3 is 2.45 bits per heavy atom. The van der Waals surface area contributed by atoms with Crippen molar-refractivity contribution in [1.29, 1.82) is 0 Å². The molecule has 106 valence electrons. The second kappa shape index (κ2) is 6.39. The first-order chi connectivity index (χ1) is 9.45. The summed E-state index contributed by atoms with van der Waals surface area (Å²) in [6.45, 7) is 0. The summed E-state index contributed by atoms with van der Waals surface area (Å²) in [7, 11) is 1.61. The first-order valence-electron chi connectivity index (χ1n) is 5.71. The predicted octanol–water partition coefficient (Wildman–Crippen LogP) is 5.34. The third kappa shape index (κ3) is 2.98. The van der Waals surface area contributed by atoms with E-state index < -0.39 is 17.7 Å². The summed E-state index contributed by atoms with van der Waals surface area (Å²) in [6, 6.07) is 6.63. The molecule has 0 aliphatic heterocycles. The lowest BCUT2D eigenvalue weighted by Crippen LogP contribution is -2.21. The highest BCUT2D eigenvalue weighted by molar-refractivity contribution is 9.10. The average molecular weight is 381 g/mol. The third-order valence-electron chi connectivity index (χ3n) is 2.93. The molecule has 0 aliphatic carbocycles. The zero-order chi connectivity index (χ0) is 14.9. The van der Waals surface area contributed by atoms with Gasteiger partial charge in [0.1, 0.15) is 11.6 Å². The van der Waals surface area contributed by atoms with Crippen molar-refractivity contribution in [3.8, 4) is 0 Å². The first kappa shape index (κ1) is 15.7. The van der Waals surface area contributed by atoms with Crippen molar-refractivity contribution in [1.82, 2.24) is 5.32 Å². The van der Waals surface area contributed by atoms with Gasteiger partial charge in [0.15, 0.2) is 0 Å². The van der Waals surface area contributed by atoms with Crippen LogP contribution in [0.1, 0.15) is 17.2 Å². The maximum absolute atomic E-state index is 14.2. The second-order valence-corrected chi connectivity index (χ2v) is 5.84. The Hall–Kier alpha value is -0.680. The first-order valence-corrected chi connectivity index (χ1v) is 7.26. The molecule has 0 heterocycles. The maximum atomic E-state index is 14.2. The van der Waals surface area contributed by atoms with E-state index in [9.17, 15) is 8.78 Å². The number of hydrogen-bond acceptors (Lipinski definition) is 1. The van der Waals surface area contributed by atoms with Gasteiger partial charge in [0, 0.05) is 15.6 Å². The second-order valence-electron chi connectivity index (χ2n) is 4.14. The predicted molar refractivity (Wildman–Crippen MR) is 81.4 cm³/mol. The Labute approximate surface area is 134 Å². The van der Waals surface area contributed by atoms with Crippen LogP contribution in [0.3, 0.4) is 0 Å². The van der Waals surface area contributed by atoms with Gasteiger partial charge in [0.05, 0.1) is 10.5 Å². The Morgan fingerprint density at radius 1 is 1.15 bits per heavy atom. The van der Waals surface area contributed by atoms with Crippen LogP contribution in [-0.2, 0) is 0 Å². The van der Waals surface area contributed by atoms with Crippen LogP contribution in [0.2, 0.25) is 10.0 Å². The maximum Gasteiger partial charge on any atom is 0.145 e. The van der Waals surface area contributed by atoms with Crippen LogP contribution in [0, 0.1) is 11.6 Å². The molecule has 2 aromatic carbocycles. The van der Waals surface area contributed by atoms with Crippen molar-refractivity contribution in [3.63, 3.8) is 0 Å². The average Bonchev–Trinajstić information content (AvgIpc) is 2.40. The van der Waals surface area contributed by atoms with Gasteiger partial charge in [-0.05, 0) is 52.8 Å². The van der Waals surface area contributed by atoms with Gasteiger partial charge in [-0.2, -0.15) is 0 Å². The summed E-state index contributed by atoms with van der Waals surface area (Å²) in [4.78, 5) is 0. The molecular weight excluding hydrogens is 371 g/mol. The molecule has 0 aliphatic rings. The van der Waals surface area contributed by atoms with Crippen LogP contribution in [-0.4, -0.2) is 7.05 Å². The summed E-state index contributed by atoms with van der Waals surface area (Å²) in [5, 5.41) is 3.68. The van der Waals surface area contributed by atoms with E-state index in [1.165, 1.54) is 18.2 Å². The van der Waals surface area contributed by atoms with E-state index >= 15 is 0 Å². The van der Waals surface area contributed by atoms with Crippen LogP contribution in [0.5, 0.6) is 0 Å². The largest absolute Gasteiger partial charge is 0.309 e. The smallest absolute Gasteiger partial charge is 0.145 e. The van der Waals surface area contributed by atoms with Crippen LogP contribution in [0.25, 0.3) is 0 Å². The quantitative estimate of drug-likeness (QED) is 0.708. The van der Waals surface area contributed by atoms with Crippen molar-refractivity contribution < 1.29 is 8.78 Å². The fraction of sp³-hybridized carbons (Fsp3) is 0.143. The number of hydrogen-bond donors (Lipinski definition) is 1. The fourth-order valence-electron chi connectivity index (χ4n) is 2.00. The lowest BCUT2D eigenvalue weighted by Gasteiger charge is -2.20. The minimum atomic E-state index is -0.711. The van der Waals surface area contributed by atoms with Gasteiger partial charge >= 0.3 is 0 Å². The molecule has 0 amide bonds. The van der Waals surface area contributed by atoms with Crippen molar-refractivity contribution >= 4 is 39.1 Å². The standard InChI is InChI=1S/C14H10BrCl2F2N/c1-20-14(8-3-2-7(16)6-10(8)17)12-11(18)5-4-9(15)13(12)19/h2-6,14,20H,1H3. The highest BCUT2D eigenvalue weighted by Gasteiger charge is 2.24. The Balaban J connectivity index is 2.61. The topological polar surface area (TPSA) is 12.0 Å². The van der Waals surface area contributed by atoms with Crippen molar-refractivity contribution in [2.24, 2.45) is 0 Å². The molecule has 2 rings (SSSR count). The minimum Gasteiger partial charge on any atom is -0.309 e. The molecule has 2 aromatic rings. The summed E-state index contributed by atoms with van der Waals surface area (Å²) in [5.74, 6) is -1.30. The summed E-state index contributed by atoms with van der Waals surface area (Å²) < 4.78 is 28.4. The van der Waals surface area contributed by atoms with Gasteiger partial charge in [-0.1, -0.05) is 29.3 Å². The Morgan fingerprint density at radius 2 is 1.85 bits per heavy atom. The summed E-state index contributed by atoms with van der Waals surface area (Å²) in [5.41, 5.74) is 0.459. The fourth-order valence-corrected chi connectivity index (χ4v) is 2.86. The third-order valence-corrected chi connectivity index (χ3v) is 4.11. The Bertz CT molecular complexity index is 649. The molecule has 1 atom stereocenters. The van der Waals surface area contributed by atoms with Gasteiger partial charge in [-0.25, -0.2) is 8.78 Å². The molecule has 1 unspecified atom stereocenters. The van der Waals surface area contributed by atoms with Crippen molar-refractivity contribution in [3.05, 3.63) is 67.6 Å². The molecule has 0 aromatic heterocycles. The Kier molecular flexibility index (Phi) is 5.02. The van der Waals surface area contributed by atoms with E-state index in [2.05, 4.69) is 21.2 Å². The molecule has 0 saturated heterocycles. The number of benzene rings is 2. The number of rotatable bonds is 3. The summed E-state index contributed by atoms with van der Waals surface area (Å²) >= 11 is 15.0. The molecule has 0 spiro atoms. The molecule has 0 radical (unpaired) electrons. The molecule has 0 bridgehead atoms. The van der Waals surface area contributed by atoms with Crippen molar-refractivity contribution in [2.75, 3.05) is 7.05 Å². The van der Waals surface area contributed by atoms with Gasteiger partial charge in [-0.15, -0.1) is 0 Å². The van der Waals surface area contributed by atoms with Crippen LogP contribution < -0.4 is 5.32 Å². The normalized spacial score (nSPS) is 12.5. The molecule has 1 N–H and O–H groups in total. The zero-order valence-electron chi connectivity index (χ0n) is 10.4. The highest BCUT2D eigenvalue weighted by Crippen LogP contribution is 2.34. The molecule has 1 nitrogen and oxygen atoms in total. The molecule has 0 saturated carbocycles. The zero-order valence-corrected chi connectivity index (χ0v) is 13.5. The van der Waals surface area contributed by atoms with Gasteiger partial charge < -0.3 is 5.32 Å². The van der Waals surface area contributed by atoms with Crippen LogP contribution in [0.4, 0.5) is 8.78 Å². The van der Waals surface area contributed by atoms with E-state index in [-0.39, 0.29) is 10.0 Å². The van der Waals surface area contributed by atoms with Gasteiger partial charge in [0.2, 0.25) is 0 Å². The molecule has 20 heavy (non-hydrogen) atoms. The van der Waals surface area contributed by atoms with E-state index in [1.54, 1.807) is 19.2 Å². The minimum absolute atomic E-state index is 0.0916. The van der Waals surface area contributed by atoms with Crippen molar-refractivity contribution in [2.45, 2.75) is 6.04 Å². The highest BCUT2D eigenvalue weighted by atomic mass is 79.9. The van der Waals surface area contributed by atoms with E-state index in [4.69, 9.17) is 23.2 Å². The SMILES string of the molecule is CNC(c1ccc(Cl)cc1Cl)c1c(F)ccc(Br)c1F. The number of nitrogens with one attached hydrogen (secondary N) is 1. The van der Waals surface area contributed by atoms with E-state index in [0.29, 0.717) is 15.6 Å². The van der Waals surface area contributed by atoms with Gasteiger partial charge in [-0.3, -0.25) is 0 Å². The lowest BCUT2D eigenvalue weighted by atomic mass is 9.97. The molecular formula is C14H10BrCl2F2N. The monoisotopic (exact) mass is 379 g/mol. The van der Waals surface area contributed by atoms with Crippen LogP contribution >= 0.6 is 39.1 Å². The number of halogens is 5. The van der Waals surface area contributed by atoms with Crippen LogP contribution in [0.15, 0.2) is 34.8 Å². The molecule has 0 fully saturated rings. The molecule has 6 heteroatoms. The summed E-state index contributed by atoms with van der Waals surface area (Å²) in [6.07, 6.45) is 0. The lowest BCUT2D eigenvalue weighted by molar-refractivity contribution is 0.518. The van der Waals surface area contributed by atoms with E-state index in [0.717, 1.165) is 0 Å². The van der Waals surface area contributed by atoms with E-state index in [1.807, 2.05) is 0 Å².